The molecule has 26 heavy (non-hydrogen) atoms. The van der Waals surface area contributed by atoms with Crippen LogP contribution >= 0.6 is 0 Å². The second-order valence-corrected chi connectivity index (χ2v) is 7.28. The van der Waals surface area contributed by atoms with Crippen molar-refractivity contribution in [2.45, 2.75) is 50.9 Å². The van der Waals surface area contributed by atoms with Crippen LogP contribution < -0.4 is 16.0 Å². The number of benzene rings is 1. The zero-order valence-electron chi connectivity index (χ0n) is 14.7. The van der Waals surface area contributed by atoms with Gasteiger partial charge in [0.15, 0.2) is 0 Å². The number of carbonyl (C=O) groups excluding carboxylic acids is 3. The van der Waals surface area contributed by atoms with E-state index in [2.05, 4.69) is 16.0 Å². The number of nitrogens with one attached hydrogen (secondary N) is 3. The van der Waals surface area contributed by atoms with Gasteiger partial charge in [0.05, 0.1) is 0 Å². The van der Waals surface area contributed by atoms with Gasteiger partial charge in [-0.05, 0) is 36.9 Å². The third kappa shape index (κ3) is 3.24. The Bertz CT molecular complexity index is 742. The molecule has 0 aromatic heterocycles. The molecule has 0 aliphatic carbocycles. The highest BCUT2D eigenvalue weighted by Gasteiger charge is 2.39. The van der Waals surface area contributed by atoms with Crippen molar-refractivity contribution in [3.05, 3.63) is 34.9 Å². The molecule has 0 spiro atoms. The number of rotatable bonds is 4. The van der Waals surface area contributed by atoms with E-state index in [1.165, 1.54) is 0 Å². The van der Waals surface area contributed by atoms with E-state index in [0.29, 0.717) is 31.1 Å². The molecule has 3 aliphatic heterocycles. The van der Waals surface area contributed by atoms with Crippen LogP contribution in [0, 0.1) is 0 Å². The molecule has 1 aromatic rings. The number of carbonyl (C=O) groups is 3. The fourth-order valence-corrected chi connectivity index (χ4v) is 4.12. The molecule has 2 atom stereocenters. The number of hydrogen-bond donors (Lipinski definition) is 3. The number of amides is 3. The summed E-state index contributed by atoms with van der Waals surface area (Å²) in [4.78, 5) is 38.2. The van der Waals surface area contributed by atoms with E-state index in [9.17, 15) is 14.4 Å². The van der Waals surface area contributed by atoms with Crippen molar-refractivity contribution in [1.82, 2.24) is 20.9 Å². The summed E-state index contributed by atoms with van der Waals surface area (Å²) < 4.78 is 0. The van der Waals surface area contributed by atoms with Gasteiger partial charge < -0.3 is 15.5 Å². The molecular weight excluding hydrogens is 332 g/mol. The highest BCUT2D eigenvalue weighted by atomic mass is 16.2. The van der Waals surface area contributed by atoms with Crippen LogP contribution in [0.15, 0.2) is 18.2 Å². The van der Waals surface area contributed by atoms with Gasteiger partial charge in [-0.3, -0.25) is 19.7 Å². The lowest BCUT2D eigenvalue weighted by atomic mass is 10.0. The van der Waals surface area contributed by atoms with Crippen molar-refractivity contribution in [3.8, 4) is 0 Å². The monoisotopic (exact) mass is 356 g/mol. The van der Waals surface area contributed by atoms with E-state index in [1.807, 2.05) is 18.2 Å². The Morgan fingerprint density at radius 2 is 2.08 bits per heavy atom. The summed E-state index contributed by atoms with van der Waals surface area (Å²) in [5.74, 6) is -0.731. The maximum absolute atomic E-state index is 13.0. The number of nitrogens with zero attached hydrogens (tertiary/aromatic N) is 1. The van der Waals surface area contributed by atoms with Crippen molar-refractivity contribution in [2.75, 3.05) is 13.1 Å². The molecule has 7 heteroatoms. The van der Waals surface area contributed by atoms with Gasteiger partial charge in [0.1, 0.15) is 6.04 Å². The molecule has 1 aromatic carbocycles. The van der Waals surface area contributed by atoms with Crippen LogP contribution in [0.3, 0.4) is 0 Å². The summed E-state index contributed by atoms with van der Waals surface area (Å²) in [6.07, 6.45) is 2.97. The SMILES string of the molecule is O=C1CCC(N2Cc3cccc(CN[C@H]4CCCNC4)c3C2=O)C(=O)N1. The Labute approximate surface area is 152 Å². The Morgan fingerprint density at radius 3 is 2.85 bits per heavy atom. The first-order valence-corrected chi connectivity index (χ1v) is 9.33. The molecule has 3 amide bonds. The molecule has 138 valence electrons. The Kier molecular flexibility index (Phi) is 4.74. The van der Waals surface area contributed by atoms with Gasteiger partial charge in [-0.15, -0.1) is 0 Å². The summed E-state index contributed by atoms with van der Waals surface area (Å²) in [6, 6.07) is 5.76. The first-order valence-electron chi connectivity index (χ1n) is 9.33. The second kappa shape index (κ2) is 7.17. The van der Waals surface area contributed by atoms with Crippen molar-refractivity contribution >= 4 is 17.7 Å². The lowest BCUT2D eigenvalue weighted by molar-refractivity contribution is -0.136. The van der Waals surface area contributed by atoms with Crippen LogP contribution in [0.2, 0.25) is 0 Å². The maximum Gasteiger partial charge on any atom is 0.255 e. The van der Waals surface area contributed by atoms with Gasteiger partial charge in [0.2, 0.25) is 11.8 Å². The highest BCUT2D eigenvalue weighted by molar-refractivity contribution is 6.05. The zero-order valence-corrected chi connectivity index (χ0v) is 14.7. The molecular formula is C19H24N4O3. The number of piperidine rings is 2. The quantitative estimate of drug-likeness (QED) is 0.675. The molecule has 0 radical (unpaired) electrons. The molecule has 3 N–H and O–H groups in total. The van der Waals surface area contributed by atoms with E-state index < -0.39 is 6.04 Å². The van der Waals surface area contributed by atoms with Crippen LogP contribution in [0.1, 0.15) is 47.2 Å². The number of fused-ring (bicyclic) bond motifs is 1. The van der Waals surface area contributed by atoms with E-state index in [0.717, 1.165) is 37.1 Å². The van der Waals surface area contributed by atoms with Crippen LogP contribution in [-0.4, -0.2) is 47.8 Å². The molecule has 3 heterocycles. The van der Waals surface area contributed by atoms with E-state index in [4.69, 9.17) is 0 Å². The summed E-state index contributed by atoms with van der Waals surface area (Å²) in [5.41, 5.74) is 2.65. The van der Waals surface area contributed by atoms with Gasteiger partial charge in [-0.25, -0.2) is 0 Å². The van der Waals surface area contributed by atoms with Crippen LogP contribution in [0.5, 0.6) is 0 Å². The third-order valence-corrected chi connectivity index (χ3v) is 5.52. The maximum atomic E-state index is 13.0. The fourth-order valence-electron chi connectivity index (χ4n) is 4.12. The van der Waals surface area contributed by atoms with Crippen LogP contribution in [0.25, 0.3) is 0 Å². The van der Waals surface area contributed by atoms with Crippen molar-refractivity contribution < 1.29 is 14.4 Å². The molecule has 2 fully saturated rings. The van der Waals surface area contributed by atoms with Crippen molar-refractivity contribution in [1.29, 1.82) is 0 Å². The van der Waals surface area contributed by atoms with Gasteiger partial charge in [0.25, 0.3) is 5.91 Å². The Morgan fingerprint density at radius 1 is 1.19 bits per heavy atom. The first kappa shape index (κ1) is 17.2. The molecule has 7 nitrogen and oxygen atoms in total. The van der Waals surface area contributed by atoms with Crippen LogP contribution in [0.4, 0.5) is 0 Å². The normalized spacial score (nSPS) is 26.0. The van der Waals surface area contributed by atoms with E-state index in [1.54, 1.807) is 4.90 Å². The standard InChI is InChI=1S/C19H24N4O3/c24-16-7-6-15(18(25)22-16)23-11-13-4-1-3-12(17(13)19(23)26)9-21-14-5-2-8-20-10-14/h1,3-4,14-15,20-21H,2,5-11H2,(H,22,24,25)/t14-,15?/m0/s1. The first-order chi connectivity index (χ1) is 12.6. The second-order valence-electron chi connectivity index (χ2n) is 7.28. The zero-order chi connectivity index (χ0) is 18.1. The number of hydrogen-bond acceptors (Lipinski definition) is 5. The predicted octanol–water partition coefficient (Wildman–Crippen LogP) is 0.289. The molecule has 4 rings (SSSR count). The molecule has 1 unspecified atom stereocenters. The van der Waals surface area contributed by atoms with Gasteiger partial charge in [-0.2, -0.15) is 0 Å². The van der Waals surface area contributed by atoms with E-state index in [-0.39, 0.29) is 24.1 Å². The topological polar surface area (TPSA) is 90.5 Å². The Hall–Kier alpha value is -2.25. The smallest absolute Gasteiger partial charge is 0.255 e. The van der Waals surface area contributed by atoms with Gasteiger partial charge >= 0.3 is 0 Å². The predicted molar refractivity (Wildman–Crippen MR) is 95.2 cm³/mol. The minimum atomic E-state index is -0.559. The Balaban J connectivity index is 1.49. The van der Waals surface area contributed by atoms with Crippen LogP contribution in [-0.2, 0) is 22.7 Å². The summed E-state index contributed by atoms with van der Waals surface area (Å²) in [7, 11) is 0. The minimum Gasteiger partial charge on any atom is -0.322 e. The van der Waals surface area contributed by atoms with Crippen molar-refractivity contribution in [2.24, 2.45) is 0 Å². The highest BCUT2D eigenvalue weighted by Crippen LogP contribution is 2.29. The molecule has 2 saturated heterocycles. The minimum absolute atomic E-state index is 0.103. The molecule has 0 saturated carbocycles. The lowest BCUT2D eigenvalue weighted by Crippen LogP contribution is -2.52. The lowest BCUT2D eigenvalue weighted by Gasteiger charge is -2.29. The summed E-state index contributed by atoms with van der Waals surface area (Å²) >= 11 is 0. The van der Waals surface area contributed by atoms with Gasteiger partial charge in [-0.1, -0.05) is 18.2 Å². The average molecular weight is 356 g/mol. The number of imide groups is 1. The summed E-state index contributed by atoms with van der Waals surface area (Å²) in [6.45, 7) is 3.09. The summed E-state index contributed by atoms with van der Waals surface area (Å²) in [5, 5.41) is 9.27. The fraction of sp³-hybridized carbons (Fsp3) is 0.526. The van der Waals surface area contributed by atoms with E-state index >= 15 is 0 Å². The third-order valence-electron chi connectivity index (χ3n) is 5.52. The van der Waals surface area contributed by atoms with Crippen molar-refractivity contribution in [3.63, 3.8) is 0 Å². The largest absolute Gasteiger partial charge is 0.322 e. The average Bonchev–Trinajstić information content (AvgIpc) is 2.98. The molecule has 3 aliphatic rings. The van der Waals surface area contributed by atoms with Gasteiger partial charge in [0, 0.05) is 37.7 Å². The molecule has 0 bridgehead atoms.